The third-order valence-corrected chi connectivity index (χ3v) is 4.23. The summed E-state index contributed by atoms with van der Waals surface area (Å²) in [5, 5.41) is 11.8. The number of nitrogens with zero attached hydrogens (tertiary/aromatic N) is 5. The molecule has 1 aromatic heterocycles. The first-order valence-electron chi connectivity index (χ1n) is 7.54. The van der Waals surface area contributed by atoms with Gasteiger partial charge in [0.2, 0.25) is 0 Å². The number of fused-ring (bicyclic) bond motifs is 1. The normalized spacial score (nSPS) is 20.8. The quantitative estimate of drug-likeness (QED) is 0.861. The van der Waals surface area contributed by atoms with Crippen LogP contribution in [0.15, 0.2) is 64.1 Å². The van der Waals surface area contributed by atoms with Gasteiger partial charge in [0.1, 0.15) is 5.54 Å². The lowest BCUT2D eigenvalue weighted by atomic mass is 10.1. The van der Waals surface area contributed by atoms with Gasteiger partial charge in [-0.15, -0.1) is 5.11 Å². The van der Waals surface area contributed by atoms with Crippen LogP contribution in [0, 0.1) is 0 Å². The molecular weight excluding hydrogens is 274 g/mol. The molecule has 1 fully saturated rings. The van der Waals surface area contributed by atoms with Crippen molar-refractivity contribution >= 4 is 16.7 Å². The summed E-state index contributed by atoms with van der Waals surface area (Å²) in [6.07, 6.45) is 7.67. The third-order valence-electron chi connectivity index (χ3n) is 4.23. The molecule has 0 saturated heterocycles. The monoisotopic (exact) mass is 291 g/mol. The maximum Gasteiger partial charge on any atom is 0.180 e. The van der Waals surface area contributed by atoms with Crippen LogP contribution in [0.25, 0.3) is 10.9 Å². The zero-order valence-corrected chi connectivity index (χ0v) is 12.5. The number of rotatable bonds is 3. The lowest BCUT2D eigenvalue weighted by Gasteiger charge is -2.21. The van der Waals surface area contributed by atoms with Gasteiger partial charge in [-0.3, -0.25) is 9.99 Å². The van der Waals surface area contributed by atoms with Crippen LogP contribution in [-0.4, -0.2) is 21.4 Å². The van der Waals surface area contributed by atoms with Crippen LogP contribution in [0.1, 0.15) is 25.3 Å². The van der Waals surface area contributed by atoms with Crippen molar-refractivity contribution < 1.29 is 0 Å². The summed E-state index contributed by atoms with van der Waals surface area (Å²) >= 11 is 0. The van der Waals surface area contributed by atoms with Gasteiger partial charge in [-0.25, -0.2) is 4.99 Å². The fraction of sp³-hybridized carbons (Fsp3) is 0.294. The molecule has 1 aliphatic carbocycles. The smallest absolute Gasteiger partial charge is 0.180 e. The van der Waals surface area contributed by atoms with Crippen molar-refractivity contribution in [2.75, 3.05) is 0 Å². The number of amidine groups is 1. The molecule has 2 aliphatic rings. The SMILES string of the molecule is C/C=C\N=C1N=NN(Cc2ccc3ncccc3c2)C12CC2. The van der Waals surface area contributed by atoms with E-state index in [4.69, 9.17) is 0 Å². The molecule has 1 aromatic carbocycles. The summed E-state index contributed by atoms with van der Waals surface area (Å²) in [6.45, 7) is 2.71. The summed E-state index contributed by atoms with van der Waals surface area (Å²) in [5.41, 5.74) is 2.17. The van der Waals surface area contributed by atoms with Gasteiger partial charge in [-0.05, 0) is 43.5 Å². The summed E-state index contributed by atoms with van der Waals surface area (Å²) in [6, 6.07) is 10.4. The van der Waals surface area contributed by atoms with E-state index in [-0.39, 0.29) is 5.54 Å². The Morgan fingerprint density at radius 3 is 3.05 bits per heavy atom. The average molecular weight is 291 g/mol. The highest BCUT2D eigenvalue weighted by molar-refractivity contribution is 5.96. The minimum absolute atomic E-state index is 0.0661. The van der Waals surface area contributed by atoms with Crippen molar-refractivity contribution in [2.45, 2.75) is 31.8 Å². The standard InChI is InChI=1S/C17H17N5/c1-2-9-19-16-17(7-8-17)22(21-20-16)12-13-5-6-15-14(11-13)4-3-10-18-15/h2-6,9-11H,7-8,12H2,1H3/b9-2-,19-16?. The van der Waals surface area contributed by atoms with E-state index in [2.05, 4.69) is 49.6 Å². The third kappa shape index (κ3) is 2.09. The fourth-order valence-electron chi connectivity index (χ4n) is 2.86. The van der Waals surface area contributed by atoms with Crippen molar-refractivity contribution in [1.29, 1.82) is 0 Å². The number of aliphatic imine (C=N–C) groups is 1. The Hall–Kier alpha value is -2.56. The predicted octanol–water partition coefficient (Wildman–Crippen LogP) is 3.88. The maximum atomic E-state index is 4.42. The van der Waals surface area contributed by atoms with Gasteiger partial charge >= 0.3 is 0 Å². The second kappa shape index (κ2) is 5.02. The van der Waals surface area contributed by atoms with Crippen LogP contribution in [0.5, 0.6) is 0 Å². The van der Waals surface area contributed by atoms with Gasteiger partial charge in [0.25, 0.3) is 0 Å². The number of aromatic nitrogens is 1. The molecule has 2 aromatic rings. The van der Waals surface area contributed by atoms with Crippen molar-refractivity contribution in [3.8, 4) is 0 Å². The number of hydrogen-bond donors (Lipinski definition) is 0. The van der Waals surface area contributed by atoms with Crippen LogP contribution in [0.2, 0.25) is 0 Å². The number of benzene rings is 1. The zero-order valence-electron chi connectivity index (χ0n) is 12.5. The number of allylic oxidation sites excluding steroid dienone is 1. The van der Waals surface area contributed by atoms with Crippen LogP contribution >= 0.6 is 0 Å². The molecule has 0 amide bonds. The molecule has 5 nitrogen and oxygen atoms in total. The van der Waals surface area contributed by atoms with E-state index in [1.54, 1.807) is 6.20 Å². The van der Waals surface area contributed by atoms with E-state index in [0.29, 0.717) is 0 Å². The van der Waals surface area contributed by atoms with E-state index < -0.39 is 0 Å². The van der Waals surface area contributed by atoms with Crippen LogP contribution in [0.4, 0.5) is 0 Å². The Morgan fingerprint density at radius 1 is 1.32 bits per heavy atom. The van der Waals surface area contributed by atoms with Crippen molar-refractivity contribution in [1.82, 2.24) is 9.99 Å². The maximum absolute atomic E-state index is 4.42. The van der Waals surface area contributed by atoms with Crippen molar-refractivity contribution in [3.63, 3.8) is 0 Å². The highest BCUT2D eigenvalue weighted by Gasteiger charge is 2.56. The minimum atomic E-state index is -0.0661. The highest BCUT2D eigenvalue weighted by atomic mass is 15.6. The second-order valence-corrected chi connectivity index (χ2v) is 5.74. The van der Waals surface area contributed by atoms with Gasteiger partial charge in [0, 0.05) is 17.8 Å². The molecule has 0 unspecified atom stereocenters. The Bertz CT molecular complexity index is 802. The van der Waals surface area contributed by atoms with Gasteiger partial charge in [-0.2, -0.15) is 0 Å². The molecular formula is C17H17N5. The summed E-state index contributed by atoms with van der Waals surface area (Å²) < 4.78 is 0. The van der Waals surface area contributed by atoms with E-state index in [1.165, 1.54) is 5.56 Å². The topological polar surface area (TPSA) is 53.2 Å². The Kier molecular flexibility index (Phi) is 2.99. The number of pyridine rings is 1. The molecule has 0 bridgehead atoms. The fourth-order valence-corrected chi connectivity index (χ4v) is 2.86. The molecule has 2 heterocycles. The molecule has 5 heteroatoms. The minimum Gasteiger partial charge on any atom is -0.260 e. The molecule has 0 atom stereocenters. The summed E-state index contributed by atoms with van der Waals surface area (Å²) in [4.78, 5) is 8.78. The molecule has 4 rings (SSSR count). The molecule has 1 spiro atoms. The van der Waals surface area contributed by atoms with E-state index >= 15 is 0 Å². The Morgan fingerprint density at radius 2 is 2.23 bits per heavy atom. The Balaban J connectivity index is 1.60. The van der Waals surface area contributed by atoms with Gasteiger partial charge in [0.15, 0.2) is 5.84 Å². The Labute approximate surface area is 129 Å². The van der Waals surface area contributed by atoms with E-state index in [9.17, 15) is 0 Å². The summed E-state index contributed by atoms with van der Waals surface area (Å²) in [5.74, 6) is 0.841. The van der Waals surface area contributed by atoms with Gasteiger partial charge in [-0.1, -0.05) is 23.4 Å². The molecule has 0 N–H and O–H groups in total. The second-order valence-electron chi connectivity index (χ2n) is 5.74. The first-order valence-corrected chi connectivity index (χ1v) is 7.54. The lowest BCUT2D eigenvalue weighted by molar-refractivity contribution is 0.235. The molecule has 110 valence electrons. The highest BCUT2D eigenvalue weighted by Crippen LogP contribution is 2.47. The first kappa shape index (κ1) is 13.1. The van der Waals surface area contributed by atoms with Crippen molar-refractivity contribution in [3.05, 3.63) is 54.4 Å². The first-order chi connectivity index (χ1) is 10.8. The van der Waals surface area contributed by atoms with Gasteiger partial charge < -0.3 is 0 Å². The lowest BCUT2D eigenvalue weighted by Crippen LogP contribution is -2.33. The van der Waals surface area contributed by atoms with Crippen molar-refractivity contribution in [2.24, 2.45) is 15.3 Å². The van der Waals surface area contributed by atoms with Gasteiger partial charge in [0.05, 0.1) is 12.1 Å². The average Bonchev–Trinajstić information content (AvgIpc) is 3.28. The van der Waals surface area contributed by atoms with E-state index in [0.717, 1.165) is 36.1 Å². The van der Waals surface area contributed by atoms with Crippen LogP contribution in [0.3, 0.4) is 0 Å². The van der Waals surface area contributed by atoms with Crippen LogP contribution < -0.4 is 0 Å². The molecule has 0 radical (unpaired) electrons. The molecule has 1 aliphatic heterocycles. The summed E-state index contributed by atoms with van der Waals surface area (Å²) in [7, 11) is 0. The zero-order chi connectivity index (χ0) is 15.0. The number of hydrogen-bond acceptors (Lipinski definition) is 4. The van der Waals surface area contributed by atoms with E-state index in [1.807, 2.05) is 25.3 Å². The molecule has 1 saturated carbocycles. The predicted molar refractivity (Wildman–Crippen MR) is 86.4 cm³/mol. The van der Waals surface area contributed by atoms with Crippen LogP contribution in [-0.2, 0) is 6.54 Å². The molecule has 22 heavy (non-hydrogen) atoms. The largest absolute Gasteiger partial charge is 0.260 e.